The second-order valence-electron chi connectivity index (χ2n) is 5.02. The molecular formula is C15H14N2O5. The lowest BCUT2D eigenvalue weighted by atomic mass is 10.0. The molecule has 1 aliphatic heterocycles. The van der Waals surface area contributed by atoms with E-state index < -0.39 is 29.2 Å². The van der Waals surface area contributed by atoms with Crippen LogP contribution in [0.5, 0.6) is 5.88 Å². The third kappa shape index (κ3) is 2.02. The first-order valence-corrected chi connectivity index (χ1v) is 6.90. The standard InChI is InChI=1S/C15H14N2O5/c1-2-7-17-13(19)10(12(18)16-15(17)21)11-8-5-3-4-6-9(8)14(20)22-11/h3-6,11,19H,2,7H2,1H3,(H,16,18,21). The monoisotopic (exact) mass is 302 g/mol. The zero-order valence-corrected chi connectivity index (χ0v) is 11.8. The van der Waals surface area contributed by atoms with Crippen LogP contribution in [0.25, 0.3) is 0 Å². The summed E-state index contributed by atoms with van der Waals surface area (Å²) in [6.07, 6.45) is -0.420. The van der Waals surface area contributed by atoms with Crippen LogP contribution < -0.4 is 11.2 Å². The molecule has 3 rings (SSSR count). The van der Waals surface area contributed by atoms with Gasteiger partial charge in [0, 0.05) is 12.1 Å². The fourth-order valence-electron chi connectivity index (χ4n) is 2.60. The molecule has 0 saturated carbocycles. The highest BCUT2D eigenvalue weighted by Crippen LogP contribution is 2.36. The molecule has 0 radical (unpaired) electrons. The van der Waals surface area contributed by atoms with E-state index in [0.717, 1.165) is 4.57 Å². The maximum atomic E-state index is 12.1. The Kier molecular flexibility index (Phi) is 3.32. The molecule has 1 atom stereocenters. The Bertz CT molecular complexity index is 865. The summed E-state index contributed by atoms with van der Waals surface area (Å²) < 4.78 is 6.28. The molecule has 0 bridgehead atoms. The lowest BCUT2D eigenvalue weighted by Gasteiger charge is -2.15. The number of ether oxygens (including phenoxy) is 1. The number of hydrogen-bond acceptors (Lipinski definition) is 5. The van der Waals surface area contributed by atoms with Crippen LogP contribution in [-0.4, -0.2) is 20.6 Å². The third-order valence-corrected chi connectivity index (χ3v) is 3.60. The first-order chi connectivity index (χ1) is 10.5. The van der Waals surface area contributed by atoms with Gasteiger partial charge < -0.3 is 9.84 Å². The van der Waals surface area contributed by atoms with E-state index in [1.165, 1.54) is 0 Å². The Morgan fingerprint density at radius 3 is 2.73 bits per heavy atom. The summed E-state index contributed by atoms with van der Waals surface area (Å²) in [5.41, 5.74) is -0.740. The summed E-state index contributed by atoms with van der Waals surface area (Å²) in [5, 5.41) is 10.3. The number of benzene rings is 1. The smallest absolute Gasteiger partial charge is 0.339 e. The molecular weight excluding hydrogens is 288 g/mol. The average Bonchev–Trinajstić information content (AvgIpc) is 2.81. The van der Waals surface area contributed by atoms with Gasteiger partial charge in [0.1, 0.15) is 5.56 Å². The molecule has 1 aliphatic rings. The van der Waals surface area contributed by atoms with E-state index in [2.05, 4.69) is 4.98 Å². The highest BCUT2D eigenvalue weighted by molar-refractivity contribution is 5.94. The van der Waals surface area contributed by atoms with Gasteiger partial charge in [-0.05, 0) is 12.5 Å². The highest BCUT2D eigenvalue weighted by atomic mass is 16.5. The van der Waals surface area contributed by atoms with Gasteiger partial charge in [-0.1, -0.05) is 25.1 Å². The molecule has 0 fully saturated rings. The topological polar surface area (TPSA) is 101 Å². The van der Waals surface area contributed by atoms with Crippen LogP contribution in [0.4, 0.5) is 0 Å². The van der Waals surface area contributed by atoms with Gasteiger partial charge in [0.15, 0.2) is 6.10 Å². The minimum Gasteiger partial charge on any atom is -0.494 e. The molecule has 1 unspecified atom stereocenters. The van der Waals surface area contributed by atoms with Crippen LogP contribution in [0.2, 0.25) is 0 Å². The van der Waals surface area contributed by atoms with Crippen molar-refractivity contribution in [1.29, 1.82) is 0 Å². The van der Waals surface area contributed by atoms with Gasteiger partial charge >= 0.3 is 11.7 Å². The molecule has 0 amide bonds. The minimum atomic E-state index is -1.02. The highest BCUT2D eigenvalue weighted by Gasteiger charge is 2.36. The number of nitrogens with one attached hydrogen (secondary N) is 1. The quantitative estimate of drug-likeness (QED) is 0.821. The number of carbonyl (C=O) groups excluding carboxylic acids is 1. The number of esters is 1. The Morgan fingerprint density at radius 1 is 1.27 bits per heavy atom. The molecule has 1 aromatic carbocycles. The lowest BCUT2D eigenvalue weighted by molar-refractivity contribution is 0.0448. The van der Waals surface area contributed by atoms with Crippen LogP contribution >= 0.6 is 0 Å². The van der Waals surface area contributed by atoms with Gasteiger partial charge in [-0.3, -0.25) is 14.3 Å². The van der Waals surface area contributed by atoms with E-state index in [1.807, 2.05) is 6.92 Å². The Hall–Kier alpha value is -2.83. The second-order valence-corrected chi connectivity index (χ2v) is 5.02. The summed E-state index contributed by atoms with van der Waals surface area (Å²) >= 11 is 0. The molecule has 1 aromatic heterocycles. The predicted octanol–water partition coefficient (Wildman–Crippen LogP) is 0.912. The van der Waals surface area contributed by atoms with E-state index in [1.54, 1.807) is 24.3 Å². The van der Waals surface area contributed by atoms with Crippen molar-refractivity contribution in [2.75, 3.05) is 0 Å². The molecule has 0 aliphatic carbocycles. The predicted molar refractivity (Wildman–Crippen MR) is 77.0 cm³/mol. The number of nitrogens with zero attached hydrogens (tertiary/aromatic N) is 1. The Balaban J connectivity index is 2.22. The van der Waals surface area contributed by atoms with Crippen LogP contribution in [0.1, 0.15) is 40.9 Å². The molecule has 2 N–H and O–H groups in total. The average molecular weight is 302 g/mol. The number of hydrogen-bond donors (Lipinski definition) is 2. The van der Waals surface area contributed by atoms with Crippen LogP contribution in [-0.2, 0) is 11.3 Å². The van der Waals surface area contributed by atoms with Crippen molar-refractivity contribution in [3.05, 3.63) is 61.8 Å². The first-order valence-electron chi connectivity index (χ1n) is 6.90. The maximum absolute atomic E-state index is 12.1. The van der Waals surface area contributed by atoms with Crippen LogP contribution in [0.3, 0.4) is 0 Å². The van der Waals surface area contributed by atoms with Gasteiger partial charge in [-0.25, -0.2) is 9.59 Å². The molecule has 22 heavy (non-hydrogen) atoms. The molecule has 7 nitrogen and oxygen atoms in total. The van der Waals surface area contributed by atoms with Crippen molar-refractivity contribution in [2.24, 2.45) is 0 Å². The normalized spacial score (nSPS) is 16.4. The van der Waals surface area contributed by atoms with E-state index in [0.29, 0.717) is 17.5 Å². The van der Waals surface area contributed by atoms with E-state index in [-0.39, 0.29) is 12.1 Å². The largest absolute Gasteiger partial charge is 0.494 e. The van der Waals surface area contributed by atoms with Crippen molar-refractivity contribution < 1.29 is 14.6 Å². The van der Waals surface area contributed by atoms with Gasteiger partial charge in [0.2, 0.25) is 5.88 Å². The summed E-state index contributed by atoms with van der Waals surface area (Å²) in [6.45, 7) is 2.08. The molecule has 114 valence electrons. The number of aromatic amines is 1. The number of carbonyl (C=O) groups is 1. The summed E-state index contributed by atoms with van der Waals surface area (Å²) in [7, 11) is 0. The number of fused-ring (bicyclic) bond motifs is 1. The zero-order chi connectivity index (χ0) is 15.9. The van der Waals surface area contributed by atoms with Crippen molar-refractivity contribution in [3.63, 3.8) is 0 Å². The SMILES string of the molecule is CCCn1c(O)c(C2OC(=O)c3ccccc32)c(=O)[nH]c1=O. The number of aromatic hydroxyl groups is 1. The molecule has 2 heterocycles. The minimum absolute atomic E-state index is 0.133. The lowest BCUT2D eigenvalue weighted by Crippen LogP contribution is -2.33. The summed E-state index contributed by atoms with van der Waals surface area (Å²) in [6, 6.07) is 6.63. The fourth-order valence-corrected chi connectivity index (χ4v) is 2.60. The second kappa shape index (κ2) is 5.18. The molecule has 2 aromatic rings. The third-order valence-electron chi connectivity index (χ3n) is 3.60. The molecule has 0 saturated heterocycles. The van der Waals surface area contributed by atoms with E-state index in [4.69, 9.17) is 4.74 Å². The van der Waals surface area contributed by atoms with Gasteiger partial charge in [0.05, 0.1) is 5.56 Å². The van der Waals surface area contributed by atoms with Crippen molar-refractivity contribution in [2.45, 2.75) is 26.0 Å². The molecule has 0 spiro atoms. The Morgan fingerprint density at radius 2 is 2.00 bits per heavy atom. The summed E-state index contributed by atoms with van der Waals surface area (Å²) in [5.74, 6) is -1.03. The van der Waals surface area contributed by atoms with Gasteiger partial charge in [0.25, 0.3) is 5.56 Å². The maximum Gasteiger partial charge on any atom is 0.339 e. The number of cyclic esters (lactones) is 1. The zero-order valence-electron chi connectivity index (χ0n) is 11.8. The van der Waals surface area contributed by atoms with E-state index >= 15 is 0 Å². The number of H-pyrrole nitrogens is 1. The van der Waals surface area contributed by atoms with Gasteiger partial charge in [-0.2, -0.15) is 0 Å². The van der Waals surface area contributed by atoms with Crippen LogP contribution in [0, 0.1) is 0 Å². The Labute approximate surface area is 124 Å². The van der Waals surface area contributed by atoms with Crippen molar-refractivity contribution in [1.82, 2.24) is 9.55 Å². The summed E-state index contributed by atoms with van der Waals surface area (Å²) in [4.78, 5) is 37.9. The van der Waals surface area contributed by atoms with Gasteiger partial charge in [-0.15, -0.1) is 0 Å². The first kappa shape index (κ1) is 14.1. The van der Waals surface area contributed by atoms with Crippen molar-refractivity contribution in [3.8, 4) is 5.88 Å². The fraction of sp³-hybridized carbons (Fsp3) is 0.267. The van der Waals surface area contributed by atoms with E-state index in [9.17, 15) is 19.5 Å². The number of aromatic nitrogens is 2. The van der Waals surface area contributed by atoms with Crippen molar-refractivity contribution >= 4 is 5.97 Å². The van der Waals surface area contributed by atoms with Crippen LogP contribution in [0.15, 0.2) is 33.9 Å². The number of rotatable bonds is 3. The molecule has 7 heteroatoms.